The van der Waals surface area contributed by atoms with Crippen LogP contribution in [0.15, 0.2) is 73.1 Å². The minimum absolute atomic E-state index is 0.283. The highest BCUT2D eigenvalue weighted by molar-refractivity contribution is 5.94. The van der Waals surface area contributed by atoms with E-state index < -0.39 is 0 Å². The van der Waals surface area contributed by atoms with Gasteiger partial charge in [0.2, 0.25) is 0 Å². The Morgan fingerprint density at radius 3 is 2.55 bits per heavy atom. The lowest BCUT2D eigenvalue weighted by molar-refractivity contribution is 0.122. The highest BCUT2D eigenvalue weighted by atomic mass is 19.1. The molecule has 3 aromatic heterocycles. The highest BCUT2D eigenvalue weighted by Crippen LogP contribution is 2.31. The average Bonchev–Trinajstić information content (AvgIpc) is 3.27. The maximum absolute atomic E-state index is 13.8. The zero-order chi connectivity index (χ0) is 22.4. The van der Waals surface area contributed by atoms with Crippen LogP contribution in [0.1, 0.15) is 5.69 Å². The van der Waals surface area contributed by atoms with E-state index in [1.807, 2.05) is 25.4 Å². The Balaban J connectivity index is 1.37. The van der Waals surface area contributed by atoms with Gasteiger partial charge >= 0.3 is 0 Å². The number of benzene rings is 2. The molecule has 1 saturated heterocycles. The molecule has 33 heavy (non-hydrogen) atoms. The normalized spacial score (nSPS) is 14.3. The number of hydrogen-bond donors (Lipinski definition) is 0. The summed E-state index contributed by atoms with van der Waals surface area (Å²) in [5.74, 6) is -0.283. The Hall–Kier alpha value is -3.77. The quantitative estimate of drug-likeness (QED) is 0.373. The number of halogens is 1. The van der Waals surface area contributed by atoms with E-state index >= 15 is 0 Å². The number of pyridine rings is 2. The molecule has 0 amide bonds. The zero-order valence-electron chi connectivity index (χ0n) is 18.3. The summed E-state index contributed by atoms with van der Waals surface area (Å²) in [5.41, 5.74) is 7.80. The first-order valence-electron chi connectivity index (χ1n) is 11.1. The molecule has 1 aliphatic heterocycles. The van der Waals surface area contributed by atoms with Crippen LogP contribution in [-0.4, -0.2) is 40.7 Å². The largest absolute Gasteiger partial charge is 0.378 e. The summed E-state index contributed by atoms with van der Waals surface area (Å²) in [6.07, 6.45) is 3.92. The lowest BCUT2D eigenvalue weighted by Crippen LogP contribution is -2.36. The molecule has 0 bridgehead atoms. The van der Waals surface area contributed by atoms with Crippen LogP contribution in [0.5, 0.6) is 0 Å². The smallest absolute Gasteiger partial charge is 0.137 e. The zero-order valence-corrected chi connectivity index (χ0v) is 18.3. The average molecular weight is 439 g/mol. The van der Waals surface area contributed by atoms with Crippen molar-refractivity contribution in [3.8, 4) is 22.4 Å². The summed E-state index contributed by atoms with van der Waals surface area (Å²) in [6.45, 7) is 5.34. The number of fused-ring (bicyclic) bond motifs is 2. The van der Waals surface area contributed by atoms with E-state index in [1.165, 1.54) is 17.8 Å². The molecule has 6 rings (SSSR count). The van der Waals surface area contributed by atoms with Gasteiger partial charge in [0, 0.05) is 47.7 Å². The summed E-state index contributed by atoms with van der Waals surface area (Å²) < 4.78 is 21.3. The first-order valence-corrected chi connectivity index (χ1v) is 11.1. The molecule has 5 nitrogen and oxygen atoms in total. The van der Waals surface area contributed by atoms with Gasteiger partial charge in [0.15, 0.2) is 0 Å². The van der Waals surface area contributed by atoms with Gasteiger partial charge in [0.05, 0.1) is 30.6 Å². The van der Waals surface area contributed by atoms with Gasteiger partial charge in [-0.1, -0.05) is 12.1 Å². The van der Waals surface area contributed by atoms with Crippen LogP contribution in [-0.2, 0) is 4.74 Å². The molecule has 5 aromatic rings. The second-order valence-corrected chi connectivity index (χ2v) is 8.41. The third-order valence-corrected chi connectivity index (χ3v) is 6.27. The standard InChI is InChI=1S/C27H23FN4O/c1-18-14-24(23-7-4-21(28)16-25(23)30-18)26-17-29-27-15-20(8-9-32(26)27)19-2-5-22(6-3-19)31-10-12-33-13-11-31/h2-9,14-17H,10-13H2,1H3. The molecule has 164 valence electrons. The van der Waals surface area contributed by atoms with Crippen molar-refractivity contribution in [1.29, 1.82) is 0 Å². The lowest BCUT2D eigenvalue weighted by atomic mass is 10.0. The summed E-state index contributed by atoms with van der Waals surface area (Å²) in [6, 6.07) is 19.7. The van der Waals surface area contributed by atoms with Crippen molar-refractivity contribution in [2.75, 3.05) is 31.2 Å². The van der Waals surface area contributed by atoms with Gasteiger partial charge in [-0.3, -0.25) is 9.38 Å². The van der Waals surface area contributed by atoms with Gasteiger partial charge in [-0.15, -0.1) is 0 Å². The molecule has 0 saturated carbocycles. The Morgan fingerprint density at radius 1 is 0.909 bits per heavy atom. The molecule has 1 aliphatic rings. The van der Waals surface area contributed by atoms with E-state index in [0.717, 1.165) is 65.4 Å². The lowest BCUT2D eigenvalue weighted by Gasteiger charge is -2.28. The topological polar surface area (TPSA) is 42.7 Å². The predicted octanol–water partition coefficient (Wildman–Crippen LogP) is 5.50. The van der Waals surface area contributed by atoms with Gasteiger partial charge < -0.3 is 9.64 Å². The summed E-state index contributed by atoms with van der Waals surface area (Å²) in [7, 11) is 0. The van der Waals surface area contributed by atoms with E-state index in [9.17, 15) is 4.39 Å². The SMILES string of the molecule is Cc1cc(-c2cnc3cc(-c4ccc(N5CCOCC5)cc4)ccn23)c2ccc(F)cc2n1. The molecule has 0 radical (unpaired) electrons. The van der Waals surface area contributed by atoms with E-state index in [1.54, 1.807) is 6.07 Å². The second kappa shape index (κ2) is 7.98. The number of hydrogen-bond acceptors (Lipinski definition) is 4. The highest BCUT2D eigenvalue weighted by Gasteiger charge is 2.14. The molecule has 4 heterocycles. The number of nitrogens with zero attached hydrogens (tertiary/aromatic N) is 4. The van der Waals surface area contributed by atoms with Crippen LogP contribution in [0.4, 0.5) is 10.1 Å². The van der Waals surface area contributed by atoms with Gasteiger partial charge in [-0.25, -0.2) is 9.37 Å². The van der Waals surface area contributed by atoms with Crippen molar-refractivity contribution < 1.29 is 9.13 Å². The van der Waals surface area contributed by atoms with Crippen molar-refractivity contribution in [2.24, 2.45) is 0 Å². The molecule has 0 atom stereocenters. The molecule has 0 N–H and O–H groups in total. The predicted molar refractivity (Wildman–Crippen MR) is 129 cm³/mol. The number of aromatic nitrogens is 3. The maximum atomic E-state index is 13.8. The minimum atomic E-state index is -0.283. The van der Waals surface area contributed by atoms with Crippen molar-refractivity contribution in [2.45, 2.75) is 6.92 Å². The van der Waals surface area contributed by atoms with Crippen LogP contribution in [0.25, 0.3) is 38.9 Å². The molecule has 0 unspecified atom stereocenters. The Bertz CT molecular complexity index is 1460. The molecule has 6 heteroatoms. The summed E-state index contributed by atoms with van der Waals surface area (Å²) in [4.78, 5) is 11.5. The van der Waals surface area contributed by atoms with E-state index in [-0.39, 0.29) is 5.82 Å². The van der Waals surface area contributed by atoms with Crippen molar-refractivity contribution >= 4 is 22.2 Å². The van der Waals surface area contributed by atoms with Crippen LogP contribution >= 0.6 is 0 Å². The first-order chi connectivity index (χ1) is 16.2. The molecular weight excluding hydrogens is 415 g/mol. The number of anilines is 1. The van der Waals surface area contributed by atoms with Crippen LogP contribution in [0.3, 0.4) is 0 Å². The maximum Gasteiger partial charge on any atom is 0.137 e. The van der Waals surface area contributed by atoms with Gasteiger partial charge in [-0.2, -0.15) is 0 Å². The van der Waals surface area contributed by atoms with Gasteiger partial charge in [0.25, 0.3) is 0 Å². The van der Waals surface area contributed by atoms with Crippen molar-refractivity contribution in [3.63, 3.8) is 0 Å². The number of ether oxygens (including phenoxy) is 1. The van der Waals surface area contributed by atoms with Gasteiger partial charge in [0.1, 0.15) is 11.5 Å². The van der Waals surface area contributed by atoms with E-state index in [0.29, 0.717) is 5.52 Å². The molecule has 1 fully saturated rings. The molecule has 0 aliphatic carbocycles. The summed E-state index contributed by atoms with van der Waals surface area (Å²) in [5, 5.41) is 0.909. The van der Waals surface area contributed by atoms with Crippen LogP contribution in [0.2, 0.25) is 0 Å². The van der Waals surface area contributed by atoms with Gasteiger partial charge in [-0.05, 0) is 60.5 Å². The monoisotopic (exact) mass is 438 g/mol. The number of morpholine rings is 1. The number of imidazole rings is 1. The van der Waals surface area contributed by atoms with Crippen molar-refractivity contribution in [3.05, 3.63) is 84.6 Å². The third kappa shape index (κ3) is 3.62. The fraction of sp³-hybridized carbons (Fsp3) is 0.185. The molecule has 2 aromatic carbocycles. The minimum Gasteiger partial charge on any atom is -0.378 e. The Morgan fingerprint density at radius 2 is 1.73 bits per heavy atom. The fourth-order valence-electron chi connectivity index (χ4n) is 4.59. The fourth-order valence-corrected chi connectivity index (χ4v) is 4.59. The van der Waals surface area contributed by atoms with E-state index in [2.05, 4.69) is 55.7 Å². The summed E-state index contributed by atoms with van der Waals surface area (Å²) >= 11 is 0. The first kappa shape index (κ1) is 19.9. The second-order valence-electron chi connectivity index (χ2n) is 8.41. The molecular formula is C27H23FN4O. The molecule has 0 spiro atoms. The Kier molecular flexibility index (Phi) is 4.80. The van der Waals surface area contributed by atoms with E-state index in [4.69, 9.17) is 4.74 Å². The number of rotatable bonds is 3. The van der Waals surface area contributed by atoms with Crippen LogP contribution in [0, 0.1) is 12.7 Å². The van der Waals surface area contributed by atoms with Crippen molar-refractivity contribution in [1.82, 2.24) is 14.4 Å². The third-order valence-electron chi connectivity index (χ3n) is 6.27. The number of aryl methyl sites for hydroxylation is 1. The Labute approximate surface area is 191 Å². The van der Waals surface area contributed by atoms with Crippen LogP contribution < -0.4 is 4.90 Å².